The maximum atomic E-state index is 12.5. The summed E-state index contributed by atoms with van der Waals surface area (Å²) in [5, 5.41) is 8.90. The number of ether oxygens (including phenoxy) is 1. The van der Waals surface area contributed by atoms with Gasteiger partial charge < -0.3 is 14.7 Å². The smallest absolute Gasteiger partial charge is 0.323 e. The Morgan fingerprint density at radius 3 is 2.39 bits per heavy atom. The van der Waals surface area contributed by atoms with Crippen LogP contribution in [-0.4, -0.2) is 48.7 Å². The average molecular weight is 257 g/mol. The molecule has 5 heteroatoms. The van der Waals surface area contributed by atoms with Crippen molar-refractivity contribution >= 4 is 11.9 Å². The molecule has 1 rings (SSSR count). The molecule has 1 fully saturated rings. The monoisotopic (exact) mass is 257 g/mol. The molecule has 0 unspecified atom stereocenters. The summed E-state index contributed by atoms with van der Waals surface area (Å²) in [7, 11) is 1.55. The van der Waals surface area contributed by atoms with Gasteiger partial charge in [-0.25, -0.2) is 0 Å². The van der Waals surface area contributed by atoms with Gasteiger partial charge in [0.25, 0.3) is 0 Å². The lowest BCUT2D eigenvalue weighted by molar-refractivity contribution is -0.150. The van der Waals surface area contributed by atoms with Gasteiger partial charge in [0.1, 0.15) is 6.54 Å². The second kappa shape index (κ2) is 6.73. The number of methoxy groups -OCH3 is 1. The molecule has 1 saturated carbocycles. The SMILES string of the molecule is CCC1(C(=O)N(CCOC)CC(=O)O)CCCC1. The zero-order valence-corrected chi connectivity index (χ0v) is 11.3. The Morgan fingerprint density at radius 2 is 1.94 bits per heavy atom. The first-order chi connectivity index (χ1) is 8.55. The van der Waals surface area contributed by atoms with E-state index in [4.69, 9.17) is 9.84 Å². The van der Waals surface area contributed by atoms with Crippen LogP contribution in [0, 0.1) is 5.41 Å². The van der Waals surface area contributed by atoms with Gasteiger partial charge in [0.15, 0.2) is 0 Å². The van der Waals surface area contributed by atoms with Gasteiger partial charge in [-0.2, -0.15) is 0 Å². The Labute approximate surface area is 108 Å². The van der Waals surface area contributed by atoms with E-state index < -0.39 is 5.97 Å². The van der Waals surface area contributed by atoms with E-state index in [1.54, 1.807) is 7.11 Å². The molecular weight excluding hydrogens is 234 g/mol. The van der Waals surface area contributed by atoms with E-state index in [2.05, 4.69) is 0 Å². The molecule has 104 valence electrons. The Morgan fingerprint density at radius 1 is 1.33 bits per heavy atom. The minimum absolute atomic E-state index is 0.0121. The Hall–Kier alpha value is -1.10. The predicted molar refractivity (Wildman–Crippen MR) is 67.3 cm³/mol. The van der Waals surface area contributed by atoms with E-state index in [9.17, 15) is 9.59 Å². The van der Waals surface area contributed by atoms with Gasteiger partial charge in [0.05, 0.1) is 6.61 Å². The van der Waals surface area contributed by atoms with Crippen molar-refractivity contribution in [2.24, 2.45) is 5.41 Å². The molecule has 0 bridgehead atoms. The molecular formula is C13H23NO4. The summed E-state index contributed by atoms with van der Waals surface area (Å²) in [5.74, 6) is -0.981. The van der Waals surface area contributed by atoms with Crippen molar-refractivity contribution in [2.75, 3.05) is 26.8 Å². The number of aliphatic carboxylic acids is 1. The topological polar surface area (TPSA) is 66.8 Å². The van der Waals surface area contributed by atoms with Crippen LogP contribution in [0.25, 0.3) is 0 Å². The molecule has 1 N–H and O–H groups in total. The van der Waals surface area contributed by atoms with E-state index in [1.807, 2.05) is 6.92 Å². The van der Waals surface area contributed by atoms with E-state index >= 15 is 0 Å². The second-order valence-electron chi connectivity index (χ2n) is 4.95. The number of hydrogen-bond acceptors (Lipinski definition) is 3. The Balaban J connectivity index is 2.75. The molecule has 0 heterocycles. The lowest BCUT2D eigenvalue weighted by Gasteiger charge is -2.32. The first-order valence-electron chi connectivity index (χ1n) is 6.56. The van der Waals surface area contributed by atoms with E-state index in [0.717, 1.165) is 32.1 Å². The zero-order chi connectivity index (χ0) is 13.6. The third-order valence-corrected chi connectivity index (χ3v) is 3.87. The highest BCUT2D eigenvalue weighted by atomic mass is 16.5. The molecule has 0 radical (unpaired) electrons. The van der Waals surface area contributed by atoms with Crippen molar-refractivity contribution in [2.45, 2.75) is 39.0 Å². The fourth-order valence-corrected chi connectivity index (χ4v) is 2.72. The van der Waals surface area contributed by atoms with Gasteiger partial charge in [-0.1, -0.05) is 19.8 Å². The first kappa shape index (κ1) is 15.0. The van der Waals surface area contributed by atoms with Gasteiger partial charge in [-0.3, -0.25) is 9.59 Å². The van der Waals surface area contributed by atoms with Crippen molar-refractivity contribution in [1.29, 1.82) is 0 Å². The number of carbonyl (C=O) groups excluding carboxylic acids is 1. The average Bonchev–Trinajstić information content (AvgIpc) is 2.83. The molecule has 0 aromatic heterocycles. The lowest BCUT2D eigenvalue weighted by Crippen LogP contribution is -2.46. The Kier molecular flexibility index (Phi) is 5.59. The third-order valence-electron chi connectivity index (χ3n) is 3.87. The van der Waals surface area contributed by atoms with E-state index in [0.29, 0.717) is 13.2 Å². The van der Waals surface area contributed by atoms with E-state index in [1.165, 1.54) is 4.90 Å². The van der Waals surface area contributed by atoms with Gasteiger partial charge in [0.2, 0.25) is 5.91 Å². The highest BCUT2D eigenvalue weighted by molar-refractivity contribution is 5.86. The molecule has 5 nitrogen and oxygen atoms in total. The van der Waals surface area contributed by atoms with Crippen LogP contribution < -0.4 is 0 Å². The molecule has 1 amide bonds. The van der Waals surface area contributed by atoms with Crippen LogP contribution in [0.15, 0.2) is 0 Å². The molecule has 18 heavy (non-hydrogen) atoms. The number of carboxylic acids is 1. The lowest BCUT2D eigenvalue weighted by atomic mass is 9.82. The summed E-state index contributed by atoms with van der Waals surface area (Å²) in [6.07, 6.45) is 4.67. The van der Waals surface area contributed by atoms with Crippen LogP contribution in [0.1, 0.15) is 39.0 Å². The van der Waals surface area contributed by atoms with E-state index in [-0.39, 0.29) is 17.9 Å². The zero-order valence-electron chi connectivity index (χ0n) is 11.3. The minimum atomic E-state index is -0.969. The summed E-state index contributed by atoms with van der Waals surface area (Å²) in [6.45, 7) is 2.50. The van der Waals surface area contributed by atoms with Gasteiger partial charge in [-0.15, -0.1) is 0 Å². The summed E-state index contributed by atoms with van der Waals surface area (Å²) in [5.41, 5.74) is -0.330. The van der Waals surface area contributed by atoms with Gasteiger partial charge >= 0.3 is 5.97 Å². The second-order valence-corrected chi connectivity index (χ2v) is 4.95. The van der Waals surface area contributed by atoms with Crippen LogP contribution in [0.5, 0.6) is 0 Å². The normalized spacial score (nSPS) is 17.7. The van der Waals surface area contributed by atoms with Gasteiger partial charge in [-0.05, 0) is 19.3 Å². The van der Waals surface area contributed by atoms with Crippen molar-refractivity contribution < 1.29 is 19.4 Å². The molecule has 0 aliphatic heterocycles. The molecule has 0 aromatic rings. The predicted octanol–water partition coefficient (Wildman–Crippen LogP) is 1.52. The van der Waals surface area contributed by atoms with Crippen LogP contribution in [0.2, 0.25) is 0 Å². The number of carboxylic acid groups (broad SMARTS) is 1. The summed E-state index contributed by atoms with van der Waals surface area (Å²) < 4.78 is 4.95. The van der Waals surface area contributed by atoms with Crippen LogP contribution >= 0.6 is 0 Å². The quantitative estimate of drug-likeness (QED) is 0.751. The molecule has 0 aromatic carbocycles. The highest BCUT2D eigenvalue weighted by Crippen LogP contribution is 2.42. The van der Waals surface area contributed by atoms with Crippen molar-refractivity contribution in [3.63, 3.8) is 0 Å². The fourth-order valence-electron chi connectivity index (χ4n) is 2.72. The number of carbonyl (C=O) groups is 2. The number of amides is 1. The Bertz CT molecular complexity index is 297. The molecule has 1 aliphatic rings. The van der Waals surface area contributed by atoms with Gasteiger partial charge in [0, 0.05) is 19.1 Å². The maximum absolute atomic E-state index is 12.5. The molecule has 0 atom stereocenters. The van der Waals surface area contributed by atoms with Crippen LogP contribution in [0.3, 0.4) is 0 Å². The maximum Gasteiger partial charge on any atom is 0.323 e. The summed E-state index contributed by atoms with van der Waals surface area (Å²) >= 11 is 0. The summed E-state index contributed by atoms with van der Waals surface area (Å²) in [4.78, 5) is 24.8. The minimum Gasteiger partial charge on any atom is -0.480 e. The summed E-state index contributed by atoms with van der Waals surface area (Å²) in [6, 6.07) is 0. The van der Waals surface area contributed by atoms with Crippen LogP contribution in [-0.2, 0) is 14.3 Å². The standard InChI is InChI=1S/C13H23NO4/c1-3-13(6-4-5-7-13)12(17)14(8-9-18-2)10-11(15)16/h3-10H2,1-2H3,(H,15,16). The fraction of sp³-hybridized carbons (Fsp3) is 0.846. The van der Waals surface area contributed by atoms with Crippen LogP contribution in [0.4, 0.5) is 0 Å². The van der Waals surface area contributed by atoms with Crippen molar-refractivity contribution in [3.8, 4) is 0 Å². The number of nitrogens with zero attached hydrogens (tertiary/aromatic N) is 1. The third kappa shape index (κ3) is 3.45. The molecule has 0 saturated heterocycles. The number of rotatable bonds is 7. The largest absolute Gasteiger partial charge is 0.480 e. The highest BCUT2D eigenvalue weighted by Gasteiger charge is 2.42. The molecule has 1 aliphatic carbocycles. The molecule has 0 spiro atoms. The first-order valence-corrected chi connectivity index (χ1v) is 6.56. The number of hydrogen-bond donors (Lipinski definition) is 1. The van der Waals surface area contributed by atoms with Crippen molar-refractivity contribution in [1.82, 2.24) is 4.90 Å². The van der Waals surface area contributed by atoms with Crippen molar-refractivity contribution in [3.05, 3.63) is 0 Å².